The van der Waals surface area contributed by atoms with Crippen LogP contribution in [0.4, 0.5) is 0 Å². The van der Waals surface area contributed by atoms with Crippen LogP contribution in [0, 0.1) is 0 Å². The molecule has 3 rings (SSSR count). The smallest absolute Gasteiger partial charge is 0.264 e. The van der Waals surface area contributed by atoms with Crippen molar-refractivity contribution in [2.24, 2.45) is 0 Å². The van der Waals surface area contributed by atoms with E-state index in [9.17, 15) is 8.42 Å². The fourth-order valence-electron chi connectivity index (χ4n) is 3.25. The van der Waals surface area contributed by atoms with Crippen LogP contribution in [0.5, 0.6) is 5.75 Å². The topological polar surface area (TPSA) is 78.0 Å². The number of pyridine rings is 1. The molecule has 29 heavy (non-hydrogen) atoms. The molecule has 0 N–H and O–H groups in total. The number of halogens is 2. The summed E-state index contributed by atoms with van der Waals surface area (Å²) in [6.07, 6.45) is 1.03. The van der Waals surface area contributed by atoms with Crippen molar-refractivity contribution in [3.8, 4) is 5.75 Å². The maximum absolute atomic E-state index is 11.5. The molecule has 0 spiro atoms. The molecule has 10 heteroatoms. The second-order valence-electron chi connectivity index (χ2n) is 6.76. The number of benzene rings is 1. The Labute approximate surface area is 180 Å². The summed E-state index contributed by atoms with van der Waals surface area (Å²) >= 11 is 12.2. The van der Waals surface area contributed by atoms with E-state index in [0.717, 1.165) is 23.1 Å². The van der Waals surface area contributed by atoms with Crippen molar-refractivity contribution in [3.05, 3.63) is 57.8 Å². The molecule has 0 amide bonds. The quantitative estimate of drug-likeness (QED) is 0.463. The second kappa shape index (κ2) is 9.59. The van der Waals surface area contributed by atoms with Gasteiger partial charge in [-0.15, -0.1) is 0 Å². The second-order valence-corrected chi connectivity index (χ2v) is 9.18. The Morgan fingerprint density at radius 2 is 1.83 bits per heavy atom. The van der Waals surface area contributed by atoms with E-state index in [1.54, 1.807) is 19.2 Å². The van der Waals surface area contributed by atoms with E-state index in [1.807, 2.05) is 24.3 Å². The predicted molar refractivity (Wildman–Crippen MR) is 111 cm³/mol. The fourth-order valence-corrected chi connectivity index (χ4v) is 4.13. The Kier molecular flexibility index (Phi) is 7.37. The standard InChI is InChI=1S/C19H22Cl2N2O5S/c1-26-16-5-3-13(4-6-16)9-23-15(11-28-29(2,24)25)10-27-12-17(23)14-7-18(20)22-19(21)8-14/h3-8,15,17H,9-12H2,1-2H3/t15-,17-/m0/s1. The predicted octanol–water partition coefficient (Wildman–Crippen LogP) is 3.32. The first kappa shape index (κ1) is 22.3. The van der Waals surface area contributed by atoms with E-state index in [1.165, 1.54) is 0 Å². The third-order valence-corrected chi connectivity index (χ3v) is 5.58. The number of hydrogen-bond acceptors (Lipinski definition) is 7. The SMILES string of the molecule is COc1ccc(CN2[C@H](COS(C)(=O)=O)COC[C@H]2c2cc(Cl)nc(Cl)c2)cc1. The molecule has 158 valence electrons. The maximum atomic E-state index is 11.5. The van der Waals surface area contributed by atoms with Crippen molar-refractivity contribution in [3.63, 3.8) is 0 Å². The Morgan fingerprint density at radius 1 is 1.17 bits per heavy atom. The average molecular weight is 461 g/mol. The van der Waals surface area contributed by atoms with Gasteiger partial charge < -0.3 is 9.47 Å². The Bertz CT molecular complexity index is 920. The monoisotopic (exact) mass is 460 g/mol. The molecule has 1 aliphatic heterocycles. The van der Waals surface area contributed by atoms with E-state index in [2.05, 4.69) is 9.88 Å². The number of nitrogens with zero attached hydrogens (tertiary/aromatic N) is 2. The van der Waals surface area contributed by atoms with E-state index in [-0.39, 0.29) is 29.0 Å². The summed E-state index contributed by atoms with van der Waals surface area (Å²) in [5, 5.41) is 0.567. The van der Waals surface area contributed by atoms with Gasteiger partial charge in [0, 0.05) is 6.54 Å². The van der Waals surface area contributed by atoms with Gasteiger partial charge in [0.05, 0.1) is 45.3 Å². The first-order valence-corrected chi connectivity index (χ1v) is 11.5. The highest BCUT2D eigenvalue weighted by Gasteiger charge is 2.33. The van der Waals surface area contributed by atoms with Crippen LogP contribution in [0.25, 0.3) is 0 Å². The molecule has 1 aromatic heterocycles. The van der Waals surface area contributed by atoms with Gasteiger partial charge in [-0.2, -0.15) is 8.42 Å². The lowest BCUT2D eigenvalue weighted by Gasteiger charge is -2.42. The van der Waals surface area contributed by atoms with Crippen molar-refractivity contribution < 1.29 is 22.1 Å². The Balaban J connectivity index is 1.90. The molecule has 0 saturated carbocycles. The van der Waals surface area contributed by atoms with Crippen LogP contribution < -0.4 is 4.74 Å². The van der Waals surface area contributed by atoms with Gasteiger partial charge >= 0.3 is 0 Å². The fraction of sp³-hybridized carbons (Fsp3) is 0.421. The molecule has 2 aromatic rings. The van der Waals surface area contributed by atoms with Crippen LogP contribution in [-0.4, -0.2) is 57.5 Å². The lowest BCUT2D eigenvalue weighted by atomic mass is 10.0. The van der Waals surface area contributed by atoms with Crippen LogP contribution in [0.1, 0.15) is 17.2 Å². The molecule has 2 heterocycles. The van der Waals surface area contributed by atoms with Crippen molar-refractivity contribution in [2.75, 3.05) is 33.2 Å². The number of hydrogen-bond donors (Lipinski definition) is 0. The highest BCUT2D eigenvalue weighted by atomic mass is 35.5. The van der Waals surface area contributed by atoms with Gasteiger partial charge in [0.15, 0.2) is 0 Å². The van der Waals surface area contributed by atoms with Gasteiger partial charge in [-0.25, -0.2) is 4.98 Å². The van der Waals surface area contributed by atoms with Gasteiger partial charge in [0.25, 0.3) is 10.1 Å². The summed E-state index contributed by atoms with van der Waals surface area (Å²) in [4.78, 5) is 6.14. The summed E-state index contributed by atoms with van der Waals surface area (Å²) in [6.45, 7) is 1.28. The minimum atomic E-state index is -3.58. The molecule has 2 atom stereocenters. The largest absolute Gasteiger partial charge is 0.497 e. The Hall–Kier alpha value is -1.42. The third-order valence-electron chi connectivity index (χ3n) is 4.62. The molecule has 0 unspecified atom stereocenters. The van der Waals surface area contributed by atoms with Gasteiger partial charge in [-0.3, -0.25) is 9.08 Å². The van der Waals surface area contributed by atoms with E-state index in [4.69, 9.17) is 36.9 Å². The van der Waals surface area contributed by atoms with E-state index in [0.29, 0.717) is 19.8 Å². The maximum Gasteiger partial charge on any atom is 0.264 e. The molecule has 1 aliphatic rings. The van der Waals surface area contributed by atoms with Crippen LogP contribution in [0.2, 0.25) is 10.3 Å². The number of rotatable bonds is 7. The Morgan fingerprint density at radius 3 is 2.41 bits per heavy atom. The van der Waals surface area contributed by atoms with Crippen molar-refractivity contribution in [1.82, 2.24) is 9.88 Å². The molecule has 1 saturated heterocycles. The molecule has 7 nitrogen and oxygen atoms in total. The highest BCUT2D eigenvalue weighted by molar-refractivity contribution is 7.85. The van der Waals surface area contributed by atoms with Crippen LogP contribution in [0.3, 0.4) is 0 Å². The zero-order valence-electron chi connectivity index (χ0n) is 16.0. The summed E-state index contributed by atoms with van der Waals surface area (Å²) in [6, 6.07) is 10.7. The highest BCUT2D eigenvalue weighted by Crippen LogP contribution is 2.32. The normalized spacial score (nSPS) is 20.6. The molecular weight excluding hydrogens is 439 g/mol. The van der Waals surface area contributed by atoms with Gasteiger partial charge in [0.2, 0.25) is 0 Å². The van der Waals surface area contributed by atoms with Crippen LogP contribution >= 0.6 is 23.2 Å². The first-order valence-electron chi connectivity index (χ1n) is 8.89. The number of ether oxygens (including phenoxy) is 2. The zero-order valence-corrected chi connectivity index (χ0v) is 18.4. The van der Waals surface area contributed by atoms with Crippen molar-refractivity contribution >= 4 is 33.3 Å². The van der Waals surface area contributed by atoms with E-state index >= 15 is 0 Å². The first-order chi connectivity index (χ1) is 13.7. The van der Waals surface area contributed by atoms with Crippen molar-refractivity contribution in [1.29, 1.82) is 0 Å². The number of aromatic nitrogens is 1. The van der Waals surface area contributed by atoms with Gasteiger partial charge in [-0.05, 0) is 35.4 Å². The van der Waals surface area contributed by atoms with E-state index < -0.39 is 10.1 Å². The van der Waals surface area contributed by atoms with Crippen LogP contribution in [0.15, 0.2) is 36.4 Å². The third kappa shape index (κ3) is 6.28. The van der Waals surface area contributed by atoms with Gasteiger partial charge in [0.1, 0.15) is 16.1 Å². The minimum Gasteiger partial charge on any atom is -0.497 e. The average Bonchev–Trinajstić information content (AvgIpc) is 2.66. The van der Waals surface area contributed by atoms with Crippen molar-refractivity contribution in [2.45, 2.75) is 18.6 Å². The lowest BCUT2D eigenvalue weighted by molar-refractivity contribution is -0.0672. The summed E-state index contributed by atoms with van der Waals surface area (Å²) in [5.74, 6) is 0.761. The molecule has 1 aromatic carbocycles. The molecule has 0 aliphatic carbocycles. The molecule has 1 fully saturated rings. The van der Waals surface area contributed by atoms with Crippen LogP contribution in [-0.2, 0) is 25.6 Å². The minimum absolute atomic E-state index is 0.0158. The van der Waals surface area contributed by atoms with Gasteiger partial charge in [-0.1, -0.05) is 35.3 Å². The molecular formula is C19H22Cl2N2O5S. The molecule has 0 radical (unpaired) electrons. The zero-order chi connectivity index (χ0) is 21.0. The molecule has 0 bridgehead atoms. The summed E-state index contributed by atoms with van der Waals surface area (Å²) < 4.78 is 39.1. The lowest BCUT2D eigenvalue weighted by Crippen LogP contribution is -2.49. The summed E-state index contributed by atoms with van der Waals surface area (Å²) in [7, 11) is -1.96. The number of methoxy groups -OCH3 is 1. The summed E-state index contributed by atoms with van der Waals surface area (Å²) in [5.41, 5.74) is 1.88. The number of morpholine rings is 1.